The van der Waals surface area contributed by atoms with Crippen LogP contribution in [-0.2, 0) is 60.1 Å². The molecule has 0 rings (SSSR count). The summed E-state index contributed by atoms with van der Waals surface area (Å²) >= 11 is 0. The zero-order valence-corrected chi connectivity index (χ0v) is 22.5. The van der Waals surface area contributed by atoms with Crippen LogP contribution in [0.3, 0.4) is 0 Å². The Morgan fingerprint density at radius 1 is 0.543 bits per heavy atom. The smallest absolute Gasteiger partial charge is 0.373 e. The van der Waals surface area contributed by atoms with Gasteiger partial charge in [-0.1, -0.05) is 26.7 Å². The average molecular weight is 540 g/mol. The Balaban J connectivity index is -0.000000122. The van der Waals surface area contributed by atoms with E-state index in [1.807, 2.05) is 0 Å². The second kappa shape index (κ2) is 26.2. The zero-order valence-electron chi connectivity index (χ0n) is 21.0. The topological polar surface area (TPSA) is 217 Å². The first-order chi connectivity index (χ1) is 15.6. The number of hydrogen-bond acceptors (Lipinski definition) is 10. The first-order valence-electron chi connectivity index (χ1n) is 10.4. The van der Waals surface area contributed by atoms with Gasteiger partial charge in [-0.15, -0.1) is 0 Å². The van der Waals surface area contributed by atoms with Crippen molar-refractivity contribution in [1.82, 2.24) is 0 Å². The fraction of sp³-hybridized carbons (Fsp3) is 0.636. The van der Waals surface area contributed by atoms with E-state index in [1.54, 1.807) is 0 Å². The summed E-state index contributed by atoms with van der Waals surface area (Å²) in [6.07, 6.45) is 4.08. The molecule has 0 aliphatic heterocycles. The normalized spacial score (nSPS) is 8.97. The van der Waals surface area contributed by atoms with E-state index in [9.17, 15) is 38.4 Å². The molecule has 0 spiro atoms. The quantitative estimate of drug-likeness (QED) is 0.150. The van der Waals surface area contributed by atoms with Gasteiger partial charge in [-0.2, -0.15) is 0 Å². The minimum Gasteiger partial charge on any atom is -0.475 e. The van der Waals surface area contributed by atoms with Gasteiger partial charge in [-0.05, 0) is 40.5 Å². The predicted molar refractivity (Wildman–Crippen MR) is 119 cm³/mol. The van der Waals surface area contributed by atoms with Crippen molar-refractivity contribution >= 4 is 46.6 Å². The minimum atomic E-state index is -1.76. The second-order valence-corrected chi connectivity index (χ2v) is 6.80. The van der Waals surface area contributed by atoms with Crippen LogP contribution in [0.2, 0.25) is 0 Å². The number of rotatable bonds is 12. The Hall–Kier alpha value is -2.41. The SMILES string of the molecule is CC(=O)C(C(C)=O)C(=O)C(=O)O.CC(=O)C(C(C)=O)C(=O)C(=O)O.CCCCO.CCCCO.[Ti]. The van der Waals surface area contributed by atoms with Gasteiger partial charge in [0, 0.05) is 34.9 Å². The van der Waals surface area contributed by atoms with Crippen molar-refractivity contribution in [1.29, 1.82) is 0 Å². The number of carboxylic acids is 2. The largest absolute Gasteiger partial charge is 0.475 e. The molecule has 35 heavy (non-hydrogen) atoms. The molecule has 0 saturated carbocycles. The van der Waals surface area contributed by atoms with Gasteiger partial charge in [-0.3, -0.25) is 28.8 Å². The van der Waals surface area contributed by atoms with Gasteiger partial charge in [0.15, 0.2) is 0 Å². The van der Waals surface area contributed by atoms with E-state index in [0.29, 0.717) is 13.2 Å². The van der Waals surface area contributed by atoms with E-state index in [0.717, 1.165) is 53.4 Å². The van der Waals surface area contributed by atoms with Gasteiger partial charge in [-0.25, -0.2) is 9.59 Å². The molecule has 0 aromatic carbocycles. The fourth-order valence-corrected chi connectivity index (χ4v) is 1.87. The molecule has 0 aromatic heterocycles. The molecule has 0 bridgehead atoms. The molecule has 0 fully saturated rings. The Kier molecular flexibility index (Phi) is 32.0. The van der Waals surface area contributed by atoms with Crippen LogP contribution in [0.25, 0.3) is 0 Å². The molecule has 12 nitrogen and oxygen atoms in total. The molecule has 4 N–H and O–H groups in total. The van der Waals surface area contributed by atoms with Crippen LogP contribution in [0.15, 0.2) is 0 Å². The number of aliphatic carboxylic acids is 2. The van der Waals surface area contributed by atoms with Crippen LogP contribution in [0.1, 0.15) is 67.2 Å². The van der Waals surface area contributed by atoms with Crippen LogP contribution in [0.5, 0.6) is 0 Å². The molecule has 13 heteroatoms. The predicted octanol–water partition coefficient (Wildman–Crippen LogP) is 0.424. The van der Waals surface area contributed by atoms with Crippen molar-refractivity contribution in [2.45, 2.75) is 67.2 Å². The van der Waals surface area contributed by atoms with E-state index in [-0.39, 0.29) is 21.7 Å². The molecule has 0 aliphatic carbocycles. The Bertz CT molecular complexity index is 623. The maximum atomic E-state index is 10.7. The third-order valence-electron chi connectivity index (χ3n) is 3.60. The summed E-state index contributed by atoms with van der Waals surface area (Å²) in [6, 6.07) is 0. The molecule has 0 amide bonds. The van der Waals surface area contributed by atoms with Crippen molar-refractivity contribution in [3.63, 3.8) is 0 Å². The first-order valence-corrected chi connectivity index (χ1v) is 10.4. The van der Waals surface area contributed by atoms with Gasteiger partial charge in [0.2, 0.25) is 0 Å². The Morgan fingerprint density at radius 3 is 0.771 bits per heavy atom. The number of hydrogen-bond donors (Lipinski definition) is 4. The van der Waals surface area contributed by atoms with Crippen LogP contribution < -0.4 is 0 Å². The number of aliphatic hydroxyl groups excluding tert-OH is 2. The standard InChI is InChI=1S/2C7H8O5.2C4H10O.Ti/c2*1-3(8)5(4(2)9)6(10)7(11)12;2*1-2-3-4-5;/h2*5H,1-2H3,(H,11,12);2*5H,2-4H2,1H3;. The number of Topliss-reactive ketones (excluding diaryl/α,β-unsaturated/α-hetero) is 6. The van der Waals surface area contributed by atoms with Crippen LogP contribution in [0, 0.1) is 11.8 Å². The van der Waals surface area contributed by atoms with Crippen LogP contribution in [0.4, 0.5) is 0 Å². The number of carboxylic acid groups (broad SMARTS) is 2. The maximum absolute atomic E-state index is 10.7. The average Bonchev–Trinajstić information content (AvgIpc) is 2.69. The van der Waals surface area contributed by atoms with Gasteiger partial charge >= 0.3 is 11.9 Å². The summed E-state index contributed by atoms with van der Waals surface area (Å²) in [4.78, 5) is 84.1. The van der Waals surface area contributed by atoms with Crippen molar-refractivity contribution in [3.8, 4) is 0 Å². The van der Waals surface area contributed by atoms with E-state index in [4.69, 9.17) is 20.4 Å². The molecule has 0 radical (unpaired) electrons. The fourth-order valence-electron chi connectivity index (χ4n) is 1.87. The van der Waals surface area contributed by atoms with Crippen molar-refractivity contribution < 1.29 is 80.5 Å². The van der Waals surface area contributed by atoms with Gasteiger partial charge in [0.1, 0.15) is 35.0 Å². The summed E-state index contributed by atoms with van der Waals surface area (Å²) in [7, 11) is 0. The number of aliphatic hydroxyl groups is 2. The van der Waals surface area contributed by atoms with E-state index in [2.05, 4.69) is 13.8 Å². The molecular formula is C22H36O12Ti. The number of carbonyl (C=O) groups is 8. The Morgan fingerprint density at radius 2 is 0.743 bits per heavy atom. The molecule has 0 heterocycles. The molecule has 0 unspecified atom stereocenters. The molecule has 0 saturated heterocycles. The molecular weight excluding hydrogens is 504 g/mol. The number of ketones is 6. The maximum Gasteiger partial charge on any atom is 0.373 e. The molecule has 0 atom stereocenters. The van der Waals surface area contributed by atoms with Gasteiger partial charge in [0.25, 0.3) is 11.6 Å². The Labute approximate surface area is 219 Å². The summed E-state index contributed by atoms with van der Waals surface area (Å²) < 4.78 is 0. The third-order valence-corrected chi connectivity index (χ3v) is 3.60. The number of unbranched alkanes of at least 4 members (excludes halogenated alkanes) is 2. The van der Waals surface area contributed by atoms with Gasteiger partial charge < -0.3 is 20.4 Å². The summed E-state index contributed by atoms with van der Waals surface area (Å²) in [6.45, 7) is 8.82. The van der Waals surface area contributed by atoms with Crippen LogP contribution >= 0.6 is 0 Å². The van der Waals surface area contributed by atoms with Gasteiger partial charge in [0.05, 0.1) is 0 Å². The molecule has 200 valence electrons. The van der Waals surface area contributed by atoms with E-state index < -0.39 is 58.5 Å². The first kappa shape index (κ1) is 42.7. The van der Waals surface area contributed by atoms with Crippen molar-refractivity contribution in [2.24, 2.45) is 11.8 Å². The third kappa shape index (κ3) is 24.5. The van der Waals surface area contributed by atoms with Crippen LogP contribution in [-0.4, -0.2) is 80.3 Å². The minimum absolute atomic E-state index is 0. The van der Waals surface area contributed by atoms with E-state index >= 15 is 0 Å². The molecule has 0 aromatic rings. The monoisotopic (exact) mass is 540 g/mol. The van der Waals surface area contributed by atoms with Crippen molar-refractivity contribution in [2.75, 3.05) is 13.2 Å². The van der Waals surface area contributed by atoms with E-state index in [1.165, 1.54) is 0 Å². The van der Waals surface area contributed by atoms with Crippen molar-refractivity contribution in [3.05, 3.63) is 0 Å². The number of carbonyl (C=O) groups excluding carboxylic acids is 6. The zero-order chi connectivity index (χ0) is 28.0. The summed E-state index contributed by atoms with van der Waals surface area (Å²) in [5.41, 5.74) is 0. The second-order valence-electron chi connectivity index (χ2n) is 6.80. The summed E-state index contributed by atoms with van der Waals surface area (Å²) in [5, 5.41) is 32.5. The molecule has 0 aliphatic rings. The summed E-state index contributed by atoms with van der Waals surface area (Å²) in [5.74, 6) is -12.5.